The fourth-order valence-corrected chi connectivity index (χ4v) is 1.48. The highest BCUT2D eigenvalue weighted by molar-refractivity contribution is 5.54. The Labute approximate surface area is 102 Å². The van der Waals surface area contributed by atoms with Gasteiger partial charge >= 0.3 is 6.18 Å². The number of hydrogen-bond donors (Lipinski definition) is 1. The number of ether oxygens (including phenoxy) is 1. The number of anilines is 1. The summed E-state index contributed by atoms with van der Waals surface area (Å²) in [6.45, 7) is 0. The Kier molecular flexibility index (Phi) is 3.14. The van der Waals surface area contributed by atoms with Gasteiger partial charge in [0, 0.05) is 0 Å². The molecule has 94 valence electrons. The van der Waals surface area contributed by atoms with Crippen LogP contribution in [0.4, 0.5) is 18.9 Å². The van der Waals surface area contributed by atoms with Gasteiger partial charge in [0.2, 0.25) is 0 Å². The van der Waals surface area contributed by atoms with E-state index in [9.17, 15) is 13.2 Å². The SMILES string of the molecule is Nc1ccccc1Oc1ccccc1C(F)(F)F. The minimum Gasteiger partial charge on any atom is -0.455 e. The number of nitrogens with two attached hydrogens (primary N) is 1. The average Bonchev–Trinajstić information content (AvgIpc) is 2.31. The molecule has 2 rings (SSSR count). The van der Waals surface area contributed by atoms with E-state index < -0.39 is 11.7 Å². The van der Waals surface area contributed by atoms with Crippen molar-refractivity contribution in [2.45, 2.75) is 6.18 Å². The molecule has 5 heteroatoms. The summed E-state index contributed by atoms with van der Waals surface area (Å²) in [6.07, 6.45) is -4.46. The van der Waals surface area contributed by atoms with Crippen molar-refractivity contribution in [2.75, 3.05) is 5.73 Å². The number of hydrogen-bond acceptors (Lipinski definition) is 2. The molecule has 2 N–H and O–H groups in total. The van der Waals surface area contributed by atoms with Gasteiger partial charge in [-0.3, -0.25) is 0 Å². The van der Waals surface area contributed by atoms with E-state index in [1.54, 1.807) is 18.2 Å². The van der Waals surface area contributed by atoms with Gasteiger partial charge in [-0.1, -0.05) is 24.3 Å². The summed E-state index contributed by atoms with van der Waals surface area (Å²) in [7, 11) is 0. The van der Waals surface area contributed by atoms with Gasteiger partial charge < -0.3 is 10.5 Å². The van der Waals surface area contributed by atoms with Crippen LogP contribution in [0.25, 0.3) is 0 Å². The summed E-state index contributed by atoms with van der Waals surface area (Å²) >= 11 is 0. The Bertz CT molecular complexity index is 552. The molecule has 0 unspecified atom stereocenters. The molecule has 0 amide bonds. The third-order valence-corrected chi connectivity index (χ3v) is 2.33. The Morgan fingerprint density at radius 2 is 1.39 bits per heavy atom. The van der Waals surface area contributed by atoms with Crippen molar-refractivity contribution in [3.63, 3.8) is 0 Å². The molecule has 0 aliphatic carbocycles. The van der Waals surface area contributed by atoms with E-state index >= 15 is 0 Å². The highest BCUT2D eigenvalue weighted by Gasteiger charge is 2.34. The van der Waals surface area contributed by atoms with Crippen LogP contribution in [0.3, 0.4) is 0 Å². The average molecular weight is 253 g/mol. The second kappa shape index (κ2) is 4.60. The van der Waals surface area contributed by atoms with Crippen molar-refractivity contribution in [1.29, 1.82) is 0 Å². The molecule has 0 aliphatic rings. The highest BCUT2D eigenvalue weighted by Crippen LogP contribution is 2.38. The first-order valence-corrected chi connectivity index (χ1v) is 5.17. The van der Waals surface area contributed by atoms with Gasteiger partial charge in [0.05, 0.1) is 11.3 Å². The summed E-state index contributed by atoms with van der Waals surface area (Å²) in [6, 6.07) is 11.4. The van der Waals surface area contributed by atoms with E-state index in [4.69, 9.17) is 10.5 Å². The summed E-state index contributed by atoms with van der Waals surface area (Å²) in [5.74, 6) is -0.0582. The second-order valence-electron chi connectivity index (χ2n) is 3.63. The Balaban J connectivity index is 2.39. The van der Waals surface area contributed by atoms with Gasteiger partial charge in [-0.25, -0.2) is 0 Å². The number of para-hydroxylation sites is 3. The predicted octanol–water partition coefficient (Wildman–Crippen LogP) is 4.08. The van der Waals surface area contributed by atoms with Crippen molar-refractivity contribution in [2.24, 2.45) is 0 Å². The number of nitrogen functional groups attached to an aromatic ring is 1. The molecular weight excluding hydrogens is 243 g/mol. The van der Waals surface area contributed by atoms with Crippen LogP contribution in [-0.2, 0) is 6.18 Å². The van der Waals surface area contributed by atoms with E-state index in [1.807, 2.05) is 0 Å². The van der Waals surface area contributed by atoms with Crippen LogP contribution in [0.2, 0.25) is 0 Å². The largest absolute Gasteiger partial charge is 0.455 e. The Hall–Kier alpha value is -2.17. The maximum Gasteiger partial charge on any atom is 0.419 e. The monoisotopic (exact) mass is 253 g/mol. The van der Waals surface area contributed by atoms with E-state index in [2.05, 4.69) is 0 Å². The first-order valence-electron chi connectivity index (χ1n) is 5.17. The summed E-state index contributed by atoms with van der Waals surface area (Å²) < 4.78 is 43.4. The zero-order valence-electron chi connectivity index (χ0n) is 9.24. The van der Waals surface area contributed by atoms with Gasteiger partial charge in [-0.15, -0.1) is 0 Å². The third-order valence-electron chi connectivity index (χ3n) is 2.33. The Morgan fingerprint density at radius 3 is 2.00 bits per heavy atom. The molecule has 0 atom stereocenters. The Morgan fingerprint density at radius 1 is 0.833 bits per heavy atom. The standard InChI is InChI=1S/C13H10F3NO/c14-13(15,16)9-5-1-3-7-11(9)18-12-8-4-2-6-10(12)17/h1-8H,17H2. The molecular formula is C13H10F3NO. The number of benzene rings is 2. The molecule has 2 aromatic carbocycles. The van der Waals surface area contributed by atoms with Crippen molar-refractivity contribution in [3.8, 4) is 11.5 Å². The van der Waals surface area contributed by atoms with Crippen molar-refractivity contribution in [3.05, 3.63) is 54.1 Å². The van der Waals surface area contributed by atoms with E-state index in [0.717, 1.165) is 6.07 Å². The smallest absolute Gasteiger partial charge is 0.419 e. The molecule has 0 aliphatic heterocycles. The summed E-state index contributed by atoms with van der Waals surface area (Å²) in [5.41, 5.74) is 5.08. The van der Waals surface area contributed by atoms with Crippen LogP contribution in [0.15, 0.2) is 48.5 Å². The van der Waals surface area contributed by atoms with E-state index in [1.165, 1.54) is 24.3 Å². The zero-order valence-corrected chi connectivity index (χ0v) is 9.24. The van der Waals surface area contributed by atoms with Gasteiger partial charge in [-0.05, 0) is 24.3 Å². The fourth-order valence-electron chi connectivity index (χ4n) is 1.48. The number of halogens is 3. The highest BCUT2D eigenvalue weighted by atomic mass is 19.4. The first kappa shape index (κ1) is 12.3. The second-order valence-corrected chi connectivity index (χ2v) is 3.63. The van der Waals surface area contributed by atoms with E-state index in [0.29, 0.717) is 0 Å². The van der Waals surface area contributed by atoms with Crippen LogP contribution in [-0.4, -0.2) is 0 Å². The molecule has 0 bridgehead atoms. The van der Waals surface area contributed by atoms with Crippen molar-refractivity contribution >= 4 is 5.69 Å². The maximum absolute atomic E-state index is 12.7. The molecule has 0 spiro atoms. The molecule has 0 radical (unpaired) electrons. The van der Waals surface area contributed by atoms with E-state index in [-0.39, 0.29) is 17.2 Å². The molecule has 2 nitrogen and oxygen atoms in total. The molecule has 0 aromatic heterocycles. The van der Waals surface area contributed by atoms with Gasteiger partial charge in [0.1, 0.15) is 11.5 Å². The third kappa shape index (κ3) is 2.56. The van der Waals surface area contributed by atoms with Crippen LogP contribution < -0.4 is 10.5 Å². The molecule has 0 fully saturated rings. The van der Waals surface area contributed by atoms with Crippen LogP contribution >= 0.6 is 0 Å². The lowest BCUT2D eigenvalue weighted by molar-refractivity contribution is -0.138. The molecule has 0 saturated carbocycles. The van der Waals surface area contributed by atoms with Gasteiger partial charge in [0.25, 0.3) is 0 Å². The first-order chi connectivity index (χ1) is 8.48. The number of alkyl halides is 3. The maximum atomic E-state index is 12.7. The van der Waals surface area contributed by atoms with Gasteiger partial charge in [-0.2, -0.15) is 13.2 Å². The predicted molar refractivity (Wildman–Crippen MR) is 62.4 cm³/mol. The zero-order chi connectivity index (χ0) is 13.2. The van der Waals surface area contributed by atoms with Crippen molar-refractivity contribution in [1.82, 2.24) is 0 Å². The number of rotatable bonds is 2. The topological polar surface area (TPSA) is 35.2 Å². The van der Waals surface area contributed by atoms with Crippen LogP contribution in [0.1, 0.15) is 5.56 Å². The molecule has 0 saturated heterocycles. The van der Waals surface area contributed by atoms with Gasteiger partial charge in [0.15, 0.2) is 0 Å². The summed E-state index contributed by atoms with van der Waals surface area (Å²) in [4.78, 5) is 0. The summed E-state index contributed by atoms with van der Waals surface area (Å²) in [5, 5.41) is 0. The normalized spacial score (nSPS) is 11.3. The molecule has 0 heterocycles. The van der Waals surface area contributed by atoms with Crippen molar-refractivity contribution < 1.29 is 17.9 Å². The quantitative estimate of drug-likeness (QED) is 0.818. The van der Waals surface area contributed by atoms with Crippen LogP contribution in [0.5, 0.6) is 11.5 Å². The molecule has 18 heavy (non-hydrogen) atoms. The van der Waals surface area contributed by atoms with Crippen LogP contribution in [0, 0.1) is 0 Å². The lowest BCUT2D eigenvalue weighted by atomic mass is 10.2. The lowest BCUT2D eigenvalue weighted by Crippen LogP contribution is -2.07. The fraction of sp³-hybridized carbons (Fsp3) is 0.0769. The minimum atomic E-state index is -4.46. The lowest BCUT2D eigenvalue weighted by Gasteiger charge is -2.14. The molecule has 2 aromatic rings. The minimum absolute atomic E-state index is 0.203.